The smallest absolute Gasteiger partial charge is 0.140 e. The van der Waals surface area contributed by atoms with E-state index in [1.807, 2.05) is 12.1 Å². The van der Waals surface area contributed by atoms with Crippen LogP contribution < -0.4 is 0 Å². The first-order chi connectivity index (χ1) is 22.5. The fourth-order valence-electron chi connectivity index (χ4n) is 7.35. The van der Waals surface area contributed by atoms with Crippen LogP contribution in [0.4, 0.5) is 0 Å². The van der Waals surface area contributed by atoms with Gasteiger partial charge in [-0.05, 0) is 75.3 Å². The highest BCUT2D eigenvalue weighted by Crippen LogP contribution is 2.53. The molecule has 0 unspecified atom stereocenters. The van der Waals surface area contributed by atoms with Crippen LogP contribution in [0.25, 0.3) is 77.8 Å². The summed E-state index contributed by atoms with van der Waals surface area (Å²) in [6.07, 6.45) is 0. The van der Waals surface area contributed by atoms with E-state index in [1.165, 1.54) is 49.7 Å². The van der Waals surface area contributed by atoms with Crippen molar-refractivity contribution in [2.24, 2.45) is 0 Å². The Morgan fingerprint density at radius 2 is 1.11 bits per heavy atom. The largest absolute Gasteiger partial charge is 0.456 e. The van der Waals surface area contributed by atoms with Gasteiger partial charge < -0.3 is 4.42 Å². The molecule has 0 aliphatic heterocycles. The topological polar surface area (TPSA) is 26.0 Å². The Morgan fingerprint density at radius 3 is 1.91 bits per heavy atom. The molecule has 9 rings (SSSR count). The minimum absolute atomic E-state index is 0.173. The van der Waals surface area contributed by atoms with Gasteiger partial charge in [-0.15, -0.1) is 0 Å². The van der Waals surface area contributed by atoms with Gasteiger partial charge in [-0.3, -0.25) is 0 Å². The summed E-state index contributed by atoms with van der Waals surface area (Å²) >= 11 is 0. The predicted octanol–water partition coefficient (Wildman–Crippen LogP) is 12.0. The van der Waals surface area contributed by atoms with Crippen molar-refractivity contribution in [2.75, 3.05) is 0 Å². The molecular weight excluding hydrogens is 558 g/mol. The van der Waals surface area contributed by atoms with Crippen LogP contribution >= 0.6 is 0 Å². The average molecular weight is 590 g/mol. The molecule has 46 heavy (non-hydrogen) atoms. The van der Waals surface area contributed by atoms with Crippen LogP contribution in [0.3, 0.4) is 0 Å². The third-order valence-corrected chi connectivity index (χ3v) is 9.65. The van der Waals surface area contributed by atoms with Crippen LogP contribution in [0.5, 0.6) is 0 Å². The lowest BCUT2D eigenvalue weighted by Crippen LogP contribution is -2.15. The van der Waals surface area contributed by atoms with Crippen LogP contribution in [0.15, 0.2) is 156 Å². The van der Waals surface area contributed by atoms with E-state index < -0.39 is 0 Å². The van der Waals surface area contributed by atoms with Crippen molar-refractivity contribution in [1.29, 1.82) is 0 Å². The van der Waals surface area contributed by atoms with Gasteiger partial charge in [-0.2, -0.15) is 0 Å². The molecule has 0 radical (unpaired) electrons. The first kappa shape index (κ1) is 26.7. The number of hydrogen-bond donors (Lipinski definition) is 0. The molecule has 6 aromatic carbocycles. The van der Waals surface area contributed by atoms with Crippen molar-refractivity contribution >= 4 is 21.9 Å². The molecule has 2 heteroatoms. The first-order valence-electron chi connectivity index (χ1n) is 15.9. The van der Waals surface area contributed by atoms with E-state index >= 15 is 0 Å². The first-order valence-corrected chi connectivity index (χ1v) is 15.9. The van der Waals surface area contributed by atoms with Crippen LogP contribution in [0.1, 0.15) is 25.0 Å². The minimum atomic E-state index is -0.173. The summed E-state index contributed by atoms with van der Waals surface area (Å²) in [4.78, 5) is 5.18. The van der Waals surface area contributed by atoms with Crippen molar-refractivity contribution in [3.63, 3.8) is 0 Å². The number of pyridine rings is 1. The molecular formula is C44H31NO. The van der Waals surface area contributed by atoms with E-state index in [9.17, 15) is 0 Å². The Balaban J connectivity index is 1.17. The Labute approximate surface area is 268 Å². The van der Waals surface area contributed by atoms with Crippen LogP contribution in [0, 0.1) is 0 Å². The van der Waals surface area contributed by atoms with Crippen molar-refractivity contribution in [3.05, 3.63) is 163 Å². The maximum Gasteiger partial charge on any atom is 0.140 e. The maximum absolute atomic E-state index is 6.52. The average Bonchev–Trinajstić information content (AvgIpc) is 3.60. The monoisotopic (exact) mass is 589 g/mol. The van der Waals surface area contributed by atoms with Crippen LogP contribution in [-0.4, -0.2) is 4.98 Å². The lowest BCUT2D eigenvalue weighted by Gasteiger charge is -2.21. The van der Waals surface area contributed by atoms with E-state index in [0.29, 0.717) is 0 Å². The van der Waals surface area contributed by atoms with Gasteiger partial charge in [0.25, 0.3) is 0 Å². The van der Waals surface area contributed by atoms with E-state index in [4.69, 9.17) is 9.40 Å². The molecule has 0 bridgehead atoms. The summed E-state index contributed by atoms with van der Waals surface area (Å²) in [5, 5.41) is 2.35. The summed E-state index contributed by atoms with van der Waals surface area (Å²) in [7, 11) is 0. The molecule has 0 fully saturated rings. The van der Waals surface area contributed by atoms with Gasteiger partial charge in [-0.25, -0.2) is 4.98 Å². The van der Waals surface area contributed by atoms with Gasteiger partial charge in [-0.1, -0.05) is 129 Å². The zero-order chi connectivity index (χ0) is 30.8. The number of rotatable bonds is 4. The summed E-state index contributed by atoms with van der Waals surface area (Å²) in [5.41, 5.74) is 15.7. The summed E-state index contributed by atoms with van der Waals surface area (Å²) in [6.45, 7) is 4.64. The molecule has 1 aliphatic carbocycles. The minimum Gasteiger partial charge on any atom is -0.456 e. The van der Waals surface area contributed by atoms with Crippen molar-refractivity contribution in [3.8, 4) is 55.9 Å². The normalized spacial score (nSPS) is 13.2. The summed E-state index contributed by atoms with van der Waals surface area (Å²) in [5.74, 6) is 0. The molecule has 1 aliphatic rings. The number of hydrogen-bond acceptors (Lipinski definition) is 2. The quantitative estimate of drug-likeness (QED) is 0.204. The van der Waals surface area contributed by atoms with E-state index in [0.717, 1.165) is 39.2 Å². The molecule has 0 amide bonds. The lowest BCUT2D eigenvalue weighted by atomic mass is 9.81. The molecule has 0 atom stereocenters. The van der Waals surface area contributed by atoms with E-state index in [1.54, 1.807) is 0 Å². The molecule has 0 saturated carbocycles. The predicted molar refractivity (Wildman–Crippen MR) is 191 cm³/mol. The van der Waals surface area contributed by atoms with E-state index in [-0.39, 0.29) is 5.41 Å². The van der Waals surface area contributed by atoms with Gasteiger partial charge in [0.15, 0.2) is 0 Å². The molecule has 0 N–H and O–H groups in total. The standard InChI is InChI=1S/C44H31NO/c1-44(2)38-23-20-31(25-37(38)35-21-22-36-34-18-9-10-19-41(34)46-43(36)42(35)44)30-16-11-17-32(24-30)40-27-33(28-12-5-3-6-13-28)26-39(45-40)29-14-7-4-8-15-29/h3-27H,1-2H3. The van der Waals surface area contributed by atoms with E-state index in [2.05, 4.69) is 153 Å². The Hall–Kier alpha value is -5.73. The summed E-state index contributed by atoms with van der Waals surface area (Å²) in [6, 6.07) is 54.0. The number of nitrogens with zero attached hydrogens (tertiary/aromatic N) is 1. The Bertz CT molecular complexity index is 2380. The third-order valence-electron chi connectivity index (χ3n) is 9.65. The fourth-order valence-corrected chi connectivity index (χ4v) is 7.35. The summed E-state index contributed by atoms with van der Waals surface area (Å²) < 4.78 is 6.52. The fraction of sp³-hybridized carbons (Fsp3) is 0.0682. The molecule has 0 saturated heterocycles. The number of aromatic nitrogens is 1. The van der Waals surface area contributed by atoms with Crippen LogP contribution in [-0.2, 0) is 5.41 Å². The lowest BCUT2D eigenvalue weighted by molar-refractivity contribution is 0.620. The van der Waals surface area contributed by atoms with Gasteiger partial charge in [0.05, 0.1) is 11.4 Å². The highest BCUT2D eigenvalue weighted by atomic mass is 16.3. The highest BCUT2D eigenvalue weighted by Gasteiger charge is 2.38. The van der Waals surface area contributed by atoms with Crippen molar-refractivity contribution < 1.29 is 4.42 Å². The van der Waals surface area contributed by atoms with Crippen molar-refractivity contribution in [2.45, 2.75) is 19.3 Å². The third kappa shape index (κ3) is 4.14. The van der Waals surface area contributed by atoms with Gasteiger partial charge in [0, 0.05) is 32.9 Å². The molecule has 8 aromatic rings. The molecule has 2 heterocycles. The molecule has 0 spiro atoms. The number of para-hydroxylation sites is 1. The van der Waals surface area contributed by atoms with Gasteiger partial charge in [0.2, 0.25) is 0 Å². The van der Waals surface area contributed by atoms with Crippen LogP contribution in [0.2, 0.25) is 0 Å². The second kappa shape index (κ2) is 10.2. The zero-order valence-corrected chi connectivity index (χ0v) is 25.8. The Morgan fingerprint density at radius 1 is 0.457 bits per heavy atom. The highest BCUT2D eigenvalue weighted by molar-refractivity contribution is 6.09. The maximum atomic E-state index is 6.52. The molecule has 2 nitrogen and oxygen atoms in total. The molecule has 218 valence electrons. The number of benzene rings is 6. The zero-order valence-electron chi connectivity index (χ0n) is 25.8. The molecule has 2 aromatic heterocycles. The number of fused-ring (bicyclic) bond motifs is 7. The number of furan rings is 1. The van der Waals surface area contributed by atoms with Gasteiger partial charge >= 0.3 is 0 Å². The Kier molecular flexibility index (Phi) is 5.88. The second-order valence-electron chi connectivity index (χ2n) is 12.8. The van der Waals surface area contributed by atoms with Gasteiger partial charge in [0.1, 0.15) is 11.2 Å². The SMILES string of the molecule is CC1(C)c2ccc(-c3cccc(-c4cc(-c5ccccc5)cc(-c5ccccc5)n4)c3)cc2-c2ccc3c(oc4ccccc43)c21. The van der Waals surface area contributed by atoms with Crippen molar-refractivity contribution in [1.82, 2.24) is 4.98 Å². The second-order valence-corrected chi connectivity index (χ2v) is 12.8.